The van der Waals surface area contributed by atoms with Gasteiger partial charge in [0, 0.05) is 12.6 Å². The summed E-state index contributed by atoms with van der Waals surface area (Å²) in [6.07, 6.45) is -0.517. The Balaban J connectivity index is 4.65. The van der Waals surface area contributed by atoms with Crippen molar-refractivity contribution in [1.29, 1.82) is 0 Å². The van der Waals surface area contributed by atoms with Crippen molar-refractivity contribution in [3.63, 3.8) is 0 Å². The predicted octanol–water partition coefficient (Wildman–Crippen LogP) is -1.13. The Morgan fingerprint density at radius 3 is 2.14 bits per heavy atom. The first kappa shape index (κ1) is 18.7. The number of amides is 4. The maximum atomic E-state index is 11.9. The van der Waals surface area contributed by atoms with E-state index in [0.29, 0.717) is 0 Å². The molecule has 0 spiro atoms. The predicted molar refractivity (Wildman–Crippen MR) is 74.3 cm³/mol. The summed E-state index contributed by atoms with van der Waals surface area (Å²) in [6, 6.07) is -2.23. The van der Waals surface area contributed by atoms with Gasteiger partial charge in [0.1, 0.15) is 12.6 Å². The van der Waals surface area contributed by atoms with Gasteiger partial charge < -0.3 is 26.4 Å². The summed E-state index contributed by atoms with van der Waals surface area (Å²) in [5.74, 6) is -2.57. The van der Waals surface area contributed by atoms with E-state index in [1.807, 2.05) is 0 Å². The van der Waals surface area contributed by atoms with E-state index in [0.717, 1.165) is 4.90 Å². The Labute approximate surface area is 122 Å². The molecule has 1 atom stereocenters. The third-order valence-corrected chi connectivity index (χ3v) is 2.45. The average Bonchev–Trinajstić information content (AvgIpc) is 2.33. The number of primary amides is 1. The third-order valence-electron chi connectivity index (χ3n) is 2.45. The number of carboxylic acids is 1. The third kappa shape index (κ3) is 7.75. The number of likely N-dealkylation sites (N-methyl/N-ethyl adjacent to an activating group) is 1. The van der Waals surface area contributed by atoms with Gasteiger partial charge in [-0.15, -0.1) is 0 Å². The first-order valence-corrected chi connectivity index (χ1v) is 6.53. The van der Waals surface area contributed by atoms with Gasteiger partial charge in [-0.05, 0) is 20.8 Å². The van der Waals surface area contributed by atoms with E-state index in [1.165, 1.54) is 0 Å². The molecule has 0 aromatic heterocycles. The molecule has 9 nitrogen and oxygen atoms in total. The largest absolute Gasteiger partial charge is 0.480 e. The highest BCUT2D eigenvalue weighted by Gasteiger charge is 2.25. The molecule has 0 radical (unpaired) electrons. The molecule has 0 aliphatic carbocycles. The maximum Gasteiger partial charge on any atom is 0.326 e. The summed E-state index contributed by atoms with van der Waals surface area (Å²) >= 11 is 0. The lowest BCUT2D eigenvalue weighted by Crippen LogP contribution is -2.51. The van der Waals surface area contributed by atoms with Crippen LogP contribution in [-0.2, 0) is 14.4 Å². The van der Waals surface area contributed by atoms with Crippen LogP contribution in [0.2, 0.25) is 0 Å². The van der Waals surface area contributed by atoms with Crippen molar-refractivity contribution >= 4 is 23.8 Å². The van der Waals surface area contributed by atoms with Gasteiger partial charge in [0.05, 0.1) is 6.42 Å². The molecular formula is C12H22N4O5. The van der Waals surface area contributed by atoms with E-state index in [4.69, 9.17) is 10.8 Å². The molecule has 0 aliphatic heterocycles. The molecule has 0 saturated carbocycles. The highest BCUT2D eigenvalue weighted by Crippen LogP contribution is 1.96. The number of carbonyl (C=O) groups is 4. The Morgan fingerprint density at radius 2 is 1.76 bits per heavy atom. The monoisotopic (exact) mass is 302 g/mol. The Morgan fingerprint density at radius 1 is 1.19 bits per heavy atom. The summed E-state index contributed by atoms with van der Waals surface area (Å²) < 4.78 is 0. The van der Waals surface area contributed by atoms with Crippen molar-refractivity contribution < 1.29 is 24.3 Å². The van der Waals surface area contributed by atoms with Gasteiger partial charge >= 0.3 is 12.0 Å². The fraction of sp³-hybridized carbons (Fsp3) is 0.667. The number of carboxylic acid groups (broad SMARTS) is 1. The fourth-order valence-electron chi connectivity index (χ4n) is 1.51. The second kappa shape index (κ2) is 8.77. The van der Waals surface area contributed by atoms with Crippen LogP contribution in [0.1, 0.15) is 27.2 Å². The smallest absolute Gasteiger partial charge is 0.326 e. The zero-order chi connectivity index (χ0) is 16.6. The SMILES string of the molecule is CCN(CC(=O)NC(C)C)C(=O)NC(CC(N)=O)C(=O)O. The van der Waals surface area contributed by atoms with E-state index < -0.39 is 30.4 Å². The number of rotatable bonds is 8. The van der Waals surface area contributed by atoms with Crippen LogP contribution < -0.4 is 16.4 Å². The second-order valence-electron chi connectivity index (χ2n) is 4.75. The molecule has 9 heteroatoms. The highest BCUT2D eigenvalue weighted by atomic mass is 16.4. The minimum atomic E-state index is -1.42. The Hall–Kier alpha value is -2.32. The lowest BCUT2D eigenvalue weighted by Gasteiger charge is -2.23. The minimum Gasteiger partial charge on any atom is -0.480 e. The lowest BCUT2D eigenvalue weighted by atomic mass is 10.2. The minimum absolute atomic E-state index is 0.0686. The molecule has 0 aromatic rings. The molecular weight excluding hydrogens is 280 g/mol. The number of carbonyl (C=O) groups excluding carboxylic acids is 3. The van der Waals surface area contributed by atoms with Crippen molar-refractivity contribution in [3.8, 4) is 0 Å². The van der Waals surface area contributed by atoms with Crippen LogP contribution in [0.5, 0.6) is 0 Å². The van der Waals surface area contributed by atoms with Crippen molar-refractivity contribution in [2.24, 2.45) is 5.73 Å². The van der Waals surface area contributed by atoms with E-state index in [9.17, 15) is 19.2 Å². The summed E-state index contributed by atoms with van der Waals surface area (Å²) in [4.78, 5) is 46.3. The van der Waals surface area contributed by atoms with Crippen LogP contribution in [0.4, 0.5) is 4.79 Å². The zero-order valence-electron chi connectivity index (χ0n) is 12.4. The number of nitrogens with zero attached hydrogens (tertiary/aromatic N) is 1. The molecule has 0 heterocycles. The van der Waals surface area contributed by atoms with Crippen LogP contribution in [0.3, 0.4) is 0 Å². The fourth-order valence-corrected chi connectivity index (χ4v) is 1.51. The standard InChI is InChI=1S/C12H22N4O5/c1-4-16(6-10(18)14-7(2)3)12(21)15-8(11(19)20)5-9(13)17/h7-8H,4-6H2,1-3H3,(H2,13,17)(H,14,18)(H,15,21)(H,19,20). The number of urea groups is 1. The van der Waals surface area contributed by atoms with Crippen molar-refractivity contribution in [2.45, 2.75) is 39.3 Å². The lowest BCUT2D eigenvalue weighted by molar-refractivity contribution is -0.140. The van der Waals surface area contributed by atoms with E-state index in [1.54, 1.807) is 20.8 Å². The summed E-state index contributed by atoms with van der Waals surface area (Å²) in [7, 11) is 0. The first-order chi connectivity index (χ1) is 9.67. The van der Waals surface area contributed by atoms with Crippen molar-refractivity contribution in [1.82, 2.24) is 15.5 Å². The number of hydrogen-bond acceptors (Lipinski definition) is 4. The topological polar surface area (TPSA) is 142 Å². The van der Waals surface area contributed by atoms with Crippen molar-refractivity contribution in [3.05, 3.63) is 0 Å². The number of aliphatic carboxylic acids is 1. The van der Waals surface area contributed by atoms with Gasteiger partial charge in [0.15, 0.2) is 0 Å². The molecule has 4 amide bonds. The molecule has 120 valence electrons. The average molecular weight is 302 g/mol. The van der Waals surface area contributed by atoms with Gasteiger partial charge in [-0.1, -0.05) is 0 Å². The highest BCUT2D eigenvalue weighted by molar-refractivity contribution is 5.89. The summed E-state index contributed by atoms with van der Waals surface area (Å²) in [5, 5.41) is 13.7. The molecule has 0 fully saturated rings. The molecule has 1 unspecified atom stereocenters. The van der Waals surface area contributed by atoms with Crippen LogP contribution in [0.15, 0.2) is 0 Å². The van der Waals surface area contributed by atoms with Gasteiger partial charge in [0.25, 0.3) is 0 Å². The number of nitrogens with one attached hydrogen (secondary N) is 2. The van der Waals surface area contributed by atoms with Gasteiger partial charge in [-0.3, -0.25) is 9.59 Å². The quantitative estimate of drug-likeness (QED) is 0.449. The van der Waals surface area contributed by atoms with E-state index in [2.05, 4.69) is 10.6 Å². The molecule has 0 bridgehead atoms. The molecule has 0 aliphatic rings. The zero-order valence-corrected chi connectivity index (χ0v) is 12.4. The van der Waals surface area contributed by atoms with E-state index in [-0.39, 0.29) is 25.0 Å². The second-order valence-corrected chi connectivity index (χ2v) is 4.75. The van der Waals surface area contributed by atoms with Gasteiger partial charge in [0.2, 0.25) is 11.8 Å². The van der Waals surface area contributed by atoms with Gasteiger partial charge in [-0.2, -0.15) is 0 Å². The van der Waals surface area contributed by atoms with Crippen LogP contribution >= 0.6 is 0 Å². The summed E-state index contributed by atoms with van der Waals surface area (Å²) in [6.45, 7) is 5.21. The van der Waals surface area contributed by atoms with E-state index >= 15 is 0 Å². The number of nitrogens with two attached hydrogens (primary N) is 1. The van der Waals surface area contributed by atoms with Crippen LogP contribution in [0.25, 0.3) is 0 Å². The molecule has 21 heavy (non-hydrogen) atoms. The Kier molecular flexibility index (Phi) is 7.80. The normalized spacial score (nSPS) is 11.6. The summed E-state index contributed by atoms with van der Waals surface area (Å²) in [5.41, 5.74) is 4.92. The first-order valence-electron chi connectivity index (χ1n) is 6.53. The van der Waals surface area contributed by atoms with Crippen LogP contribution in [-0.4, -0.2) is 59.0 Å². The molecule has 0 aromatic carbocycles. The maximum absolute atomic E-state index is 11.9. The molecule has 5 N–H and O–H groups in total. The molecule has 0 saturated heterocycles. The van der Waals surface area contributed by atoms with Crippen LogP contribution in [0, 0.1) is 0 Å². The van der Waals surface area contributed by atoms with Gasteiger partial charge in [-0.25, -0.2) is 9.59 Å². The van der Waals surface area contributed by atoms with Crippen molar-refractivity contribution in [2.75, 3.05) is 13.1 Å². The molecule has 0 rings (SSSR count). The number of hydrogen-bond donors (Lipinski definition) is 4. The Bertz CT molecular complexity index is 410.